The highest BCUT2D eigenvalue weighted by molar-refractivity contribution is 4.96. The number of rotatable bonds is 2. The lowest BCUT2D eigenvalue weighted by molar-refractivity contribution is 0.0479. The van der Waals surface area contributed by atoms with Crippen LogP contribution in [0.1, 0.15) is 65.2 Å². The fourth-order valence-corrected chi connectivity index (χ4v) is 4.27. The molecule has 0 spiro atoms. The summed E-state index contributed by atoms with van der Waals surface area (Å²) in [6, 6.07) is 4.87. The fraction of sp³-hybridized carbons (Fsp3) is 0.882. The minimum Gasteiger partial charge on any atom is -0.198 e. The molecule has 0 atom stereocenters. The summed E-state index contributed by atoms with van der Waals surface area (Å²) in [7, 11) is 0. The monoisotopic (exact) mass is 258 g/mol. The molecule has 0 aromatic rings. The van der Waals surface area contributed by atoms with Crippen LogP contribution in [-0.4, -0.2) is 0 Å². The first-order chi connectivity index (χ1) is 9.07. The summed E-state index contributed by atoms with van der Waals surface area (Å²) in [5.74, 6) is 2.17. The lowest BCUT2D eigenvalue weighted by Gasteiger charge is -2.45. The van der Waals surface area contributed by atoms with Crippen molar-refractivity contribution in [2.24, 2.45) is 29.1 Å². The molecule has 0 N–H and O–H groups in total. The van der Waals surface area contributed by atoms with Crippen LogP contribution in [0.25, 0.3) is 0 Å². The third-order valence-corrected chi connectivity index (χ3v) is 5.92. The summed E-state index contributed by atoms with van der Waals surface area (Å²) >= 11 is 0. The average molecular weight is 258 g/mol. The van der Waals surface area contributed by atoms with E-state index in [0.29, 0.717) is 17.3 Å². The molecule has 2 rings (SSSR count). The van der Waals surface area contributed by atoms with Crippen molar-refractivity contribution in [3.05, 3.63) is 0 Å². The molecule has 0 heterocycles. The predicted molar refractivity (Wildman–Crippen MR) is 75.9 cm³/mol. The van der Waals surface area contributed by atoms with Gasteiger partial charge >= 0.3 is 0 Å². The van der Waals surface area contributed by atoms with Gasteiger partial charge in [0.15, 0.2) is 0 Å². The Hall–Kier alpha value is -1.02. The highest BCUT2D eigenvalue weighted by atomic mass is 14.5. The van der Waals surface area contributed by atoms with Gasteiger partial charge in [-0.2, -0.15) is 10.5 Å². The summed E-state index contributed by atoms with van der Waals surface area (Å²) in [4.78, 5) is 0. The third-order valence-electron chi connectivity index (χ3n) is 5.92. The first kappa shape index (κ1) is 14.4. The van der Waals surface area contributed by atoms with E-state index in [1.54, 1.807) is 0 Å². The zero-order valence-corrected chi connectivity index (χ0v) is 12.4. The molecule has 2 saturated carbocycles. The molecule has 0 aromatic heterocycles. The van der Waals surface area contributed by atoms with Crippen LogP contribution < -0.4 is 0 Å². The smallest absolute Gasteiger partial charge is 0.0655 e. The van der Waals surface area contributed by atoms with Gasteiger partial charge in [-0.1, -0.05) is 13.8 Å². The van der Waals surface area contributed by atoms with E-state index in [1.165, 1.54) is 25.7 Å². The maximum atomic E-state index is 9.00. The van der Waals surface area contributed by atoms with Crippen LogP contribution >= 0.6 is 0 Å². The maximum absolute atomic E-state index is 9.00. The molecule has 0 unspecified atom stereocenters. The van der Waals surface area contributed by atoms with Crippen molar-refractivity contribution in [3.63, 3.8) is 0 Å². The number of hydrogen-bond donors (Lipinski definition) is 0. The third kappa shape index (κ3) is 3.11. The van der Waals surface area contributed by atoms with E-state index >= 15 is 0 Å². The van der Waals surface area contributed by atoms with E-state index in [2.05, 4.69) is 26.0 Å². The summed E-state index contributed by atoms with van der Waals surface area (Å²) in [5, 5.41) is 18.0. The van der Waals surface area contributed by atoms with Gasteiger partial charge in [-0.3, -0.25) is 0 Å². The standard InChI is InChI=1S/C17H26N2/c1-17(2,15-7-3-13(11-18)4-8-15)16-9-5-14(12-19)6-10-16/h13-16H,3-10H2,1-2H3. The Balaban J connectivity index is 1.92. The van der Waals surface area contributed by atoms with Gasteiger partial charge < -0.3 is 0 Å². The minimum atomic E-state index is 0.307. The van der Waals surface area contributed by atoms with Gasteiger partial charge in [-0.15, -0.1) is 0 Å². The van der Waals surface area contributed by atoms with Gasteiger partial charge in [0.05, 0.1) is 12.1 Å². The van der Waals surface area contributed by atoms with Gasteiger partial charge in [-0.25, -0.2) is 0 Å². The van der Waals surface area contributed by atoms with Gasteiger partial charge in [0.2, 0.25) is 0 Å². The zero-order valence-electron chi connectivity index (χ0n) is 12.4. The Kier molecular flexibility index (Phi) is 4.51. The molecule has 0 bridgehead atoms. The highest BCUT2D eigenvalue weighted by Crippen LogP contribution is 2.49. The van der Waals surface area contributed by atoms with Crippen LogP contribution in [0.5, 0.6) is 0 Å². The predicted octanol–water partition coefficient (Wildman–Crippen LogP) is 4.67. The average Bonchev–Trinajstić information content (AvgIpc) is 2.47. The van der Waals surface area contributed by atoms with E-state index in [1.807, 2.05) is 0 Å². The van der Waals surface area contributed by atoms with E-state index in [0.717, 1.165) is 37.5 Å². The van der Waals surface area contributed by atoms with Gasteiger partial charge in [0.25, 0.3) is 0 Å². The Bertz CT molecular complexity index is 333. The van der Waals surface area contributed by atoms with E-state index < -0.39 is 0 Å². The maximum Gasteiger partial charge on any atom is 0.0655 e. The molecule has 0 radical (unpaired) electrons. The Morgan fingerprint density at radius 2 is 1.00 bits per heavy atom. The van der Waals surface area contributed by atoms with E-state index in [4.69, 9.17) is 10.5 Å². The fourth-order valence-electron chi connectivity index (χ4n) is 4.27. The van der Waals surface area contributed by atoms with Crippen molar-refractivity contribution in [2.75, 3.05) is 0 Å². The topological polar surface area (TPSA) is 47.6 Å². The van der Waals surface area contributed by atoms with Gasteiger partial charge in [0.1, 0.15) is 0 Å². The van der Waals surface area contributed by atoms with Crippen LogP contribution in [0.3, 0.4) is 0 Å². The van der Waals surface area contributed by atoms with Gasteiger partial charge in [-0.05, 0) is 68.6 Å². The number of nitrogens with zero attached hydrogens (tertiary/aromatic N) is 2. The lowest BCUT2D eigenvalue weighted by Crippen LogP contribution is -2.37. The number of hydrogen-bond acceptors (Lipinski definition) is 2. The molecule has 2 nitrogen and oxygen atoms in total. The molecule has 2 fully saturated rings. The molecule has 2 heteroatoms. The lowest BCUT2D eigenvalue weighted by atomic mass is 9.59. The highest BCUT2D eigenvalue weighted by Gasteiger charge is 2.40. The quantitative estimate of drug-likeness (QED) is 0.722. The summed E-state index contributed by atoms with van der Waals surface area (Å²) in [6.45, 7) is 4.86. The van der Waals surface area contributed by atoms with Crippen molar-refractivity contribution >= 4 is 0 Å². The molecule has 0 aromatic carbocycles. The second-order valence-electron chi connectivity index (χ2n) is 7.18. The first-order valence-electron chi connectivity index (χ1n) is 7.87. The molecule has 19 heavy (non-hydrogen) atoms. The van der Waals surface area contributed by atoms with Crippen LogP contribution in [0.2, 0.25) is 0 Å². The van der Waals surface area contributed by atoms with Crippen LogP contribution in [0.15, 0.2) is 0 Å². The van der Waals surface area contributed by atoms with Crippen LogP contribution in [0.4, 0.5) is 0 Å². The van der Waals surface area contributed by atoms with Crippen LogP contribution in [-0.2, 0) is 0 Å². The first-order valence-corrected chi connectivity index (χ1v) is 7.87. The largest absolute Gasteiger partial charge is 0.198 e. The minimum absolute atomic E-state index is 0.307. The van der Waals surface area contributed by atoms with Crippen LogP contribution in [0, 0.1) is 51.7 Å². The molecule has 104 valence electrons. The Morgan fingerprint density at radius 3 is 1.26 bits per heavy atom. The van der Waals surface area contributed by atoms with Crippen molar-refractivity contribution < 1.29 is 0 Å². The molecule has 0 aliphatic heterocycles. The molecular formula is C17H26N2. The molecule has 0 amide bonds. The second kappa shape index (κ2) is 5.96. The van der Waals surface area contributed by atoms with Crippen molar-refractivity contribution in [1.82, 2.24) is 0 Å². The normalized spacial score (nSPS) is 36.2. The van der Waals surface area contributed by atoms with Crippen molar-refractivity contribution in [2.45, 2.75) is 65.2 Å². The zero-order chi connectivity index (χ0) is 13.9. The Morgan fingerprint density at radius 1 is 0.684 bits per heavy atom. The van der Waals surface area contributed by atoms with E-state index in [9.17, 15) is 0 Å². The van der Waals surface area contributed by atoms with Crippen molar-refractivity contribution in [3.8, 4) is 12.1 Å². The molecule has 2 aliphatic carbocycles. The second-order valence-corrected chi connectivity index (χ2v) is 7.18. The SMILES string of the molecule is CC(C)(C1CCC(C#N)CC1)C1CCC(C#N)CC1. The Labute approximate surface area is 117 Å². The van der Waals surface area contributed by atoms with Crippen molar-refractivity contribution in [1.29, 1.82) is 10.5 Å². The molecule has 2 aliphatic rings. The summed E-state index contributed by atoms with van der Waals surface area (Å²) in [5.41, 5.74) is 0.390. The molecule has 0 saturated heterocycles. The summed E-state index contributed by atoms with van der Waals surface area (Å²) < 4.78 is 0. The number of nitriles is 2. The van der Waals surface area contributed by atoms with E-state index in [-0.39, 0.29) is 0 Å². The molecular weight excluding hydrogens is 232 g/mol. The van der Waals surface area contributed by atoms with Gasteiger partial charge in [0, 0.05) is 11.8 Å². The summed E-state index contributed by atoms with van der Waals surface area (Å²) in [6.07, 6.45) is 9.28.